The van der Waals surface area contributed by atoms with Gasteiger partial charge >= 0.3 is 29.6 Å². The van der Waals surface area contributed by atoms with Crippen molar-refractivity contribution in [2.45, 2.75) is 64.2 Å². The van der Waals surface area contributed by atoms with Gasteiger partial charge in [-0.2, -0.15) is 0 Å². The fourth-order valence-corrected chi connectivity index (χ4v) is 2.80. The molecule has 0 aromatic heterocycles. The molecule has 0 radical (unpaired) electrons. The molecule has 1 aromatic rings. The smallest absolute Gasteiger partial charge is 0.726 e. The van der Waals surface area contributed by atoms with Crippen LogP contribution in [0.5, 0.6) is 0 Å². The summed E-state index contributed by atoms with van der Waals surface area (Å²) in [4.78, 5) is 0. The largest absolute Gasteiger partial charge is 1.00 e. The zero-order chi connectivity index (χ0) is 16.1. The third-order valence-electron chi connectivity index (χ3n) is 3.68. The molecule has 23 heavy (non-hydrogen) atoms. The summed E-state index contributed by atoms with van der Waals surface area (Å²) in [6.07, 6.45) is 11.3. The van der Waals surface area contributed by atoms with Gasteiger partial charge in [-0.15, -0.1) is 0 Å². The molecule has 1 rings (SSSR count). The third-order valence-corrected chi connectivity index (χ3v) is 4.14. The maximum absolute atomic E-state index is 10.2. The minimum Gasteiger partial charge on any atom is -0.726 e. The molecule has 6 heteroatoms. The minimum absolute atomic E-state index is 0. The molecule has 126 valence electrons. The normalized spacial score (nSPS) is 11.2. The van der Waals surface area contributed by atoms with Gasteiger partial charge in [0.25, 0.3) is 0 Å². The molecule has 0 N–H and O–H groups in total. The number of hydrogen-bond acceptors (Lipinski definition) is 4. The van der Waals surface area contributed by atoms with Crippen LogP contribution in [0.1, 0.15) is 63.4 Å². The second-order valence-corrected chi connectivity index (χ2v) is 6.70. The molecule has 0 saturated carbocycles. The first kappa shape index (κ1) is 23.1. The van der Waals surface area contributed by atoms with Crippen LogP contribution in [0, 0.1) is 0 Å². The Hall–Kier alpha value is 0.0900. The number of hydrogen-bond donors (Lipinski definition) is 0. The predicted molar refractivity (Wildman–Crippen MR) is 87.3 cm³/mol. The van der Waals surface area contributed by atoms with Crippen molar-refractivity contribution in [1.82, 2.24) is 0 Å². The Morgan fingerprint density at radius 1 is 0.783 bits per heavy atom. The Labute approximate surface area is 163 Å². The van der Waals surface area contributed by atoms with Crippen LogP contribution in [-0.4, -0.2) is 19.6 Å². The minimum atomic E-state index is -4.50. The molecule has 4 nitrogen and oxygen atoms in total. The third kappa shape index (κ3) is 15.4. The van der Waals surface area contributed by atoms with Crippen molar-refractivity contribution in [2.75, 3.05) is 6.61 Å². The maximum atomic E-state index is 10.2. The summed E-state index contributed by atoms with van der Waals surface area (Å²) in [5.41, 5.74) is 1.42. The standard InChI is InChI=1S/C17H28O4S.Na/c18-22(19,20)21-16-12-7-5-3-1-2-4-6-9-13-17-14-10-8-11-15-17;/h8,10-11,14-15H,1-7,9,12-13,16H2,(H,18,19,20);/q;+1/p-1. The van der Waals surface area contributed by atoms with E-state index in [2.05, 4.69) is 34.5 Å². The average molecular weight is 350 g/mol. The van der Waals surface area contributed by atoms with E-state index in [0.717, 1.165) is 12.8 Å². The summed E-state index contributed by atoms with van der Waals surface area (Å²) in [6.45, 7) is 0.0192. The van der Waals surface area contributed by atoms with Crippen LogP contribution in [0.4, 0.5) is 0 Å². The fraction of sp³-hybridized carbons (Fsp3) is 0.647. The van der Waals surface area contributed by atoms with Crippen molar-refractivity contribution in [3.8, 4) is 0 Å². The molecule has 0 heterocycles. The van der Waals surface area contributed by atoms with Crippen molar-refractivity contribution in [2.24, 2.45) is 0 Å². The van der Waals surface area contributed by atoms with Gasteiger partial charge in [0.15, 0.2) is 0 Å². The van der Waals surface area contributed by atoms with E-state index in [1.807, 2.05) is 0 Å². The van der Waals surface area contributed by atoms with Crippen molar-refractivity contribution >= 4 is 10.4 Å². The van der Waals surface area contributed by atoms with Crippen molar-refractivity contribution in [1.29, 1.82) is 0 Å². The topological polar surface area (TPSA) is 66.4 Å². The van der Waals surface area contributed by atoms with Gasteiger partial charge < -0.3 is 4.55 Å². The first-order chi connectivity index (χ1) is 10.6. The fourth-order valence-electron chi connectivity index (χ4n) is 2.47. The first-order valence-corrected chi connectivity index (χ1v) is 9.55. The van der Waals surface area contributed by atoms with E-state index in [-0.39, 0.29) is 36.2 Å². The Bertz CT molecular complexity index is 477. The Morgan fingerprint density at radius 3 is 1.78 bits per heavy atom. The van der Waals surface area contributed by atoms with E-state index in [1.165, 1.54) is 50.5 Å². The zero-order valence-corrected chi connectivity index (χ0v) is 17.0. The van der Waals surface area contributed by atoms with Gasteiger partial charge in [0.1, 0.15) is 0 Å². The van der Waals surface area contributed by atoms with Gasteiger partial charge in [0, 0.05) is 0 Å². The number of aryl methyl sites for hydroxylation is 1. The van der Waals surface area contributed by atoms with Gasteiger partial charge in [-0.05, 0) is 24.8 Å². The first-order valence-electron chi connectivity index (χ1n) is 8.22. The van der Waals surface area contributed by atoms with Crippen molar-refractivity contribution < 1.29 is 46.7 Å². The zero-order valence-electron chi connectivity index (χ0n) is 14.2. The van der Waals surface area contributed by atoms with Crippen LogP contribution in [-0.2, 0) is 21.0 Å². The van der Waals surface area contributed by atoms with Crippen molar-refractivity contribution in [3.63, 3.8) is 0 Å². The molecule has 0 unspecified atom stereocenters. The molecule has 0 amide bonds. The summed E-state index contributed by atoms with van der Waals surface area (Å²) >= 11 is 0. The van der Waals surface area contributed by atoms with Crippen LogP contribution in [0.25, 0.3) is 0 Å². The summed E-state index contributed by atoms with van der Waals surface area (Å²) in [5.74, 6) is 0. The van der Waals surface area contributed by atoms with E-state index >= 15 is 0 Å². The molecular formula is C17H27NaO4S. The molecule has 0 aliphatic rings. The van der Waals surface area contributed by atoms with E-state index in [0.29, 0.717) is 6.42 Å². The maximum Gasteiger partial charge on any atom is 1.00 e. The molecule has 0 spiro atoms. The number of benzene rings is 1. The average Bonchev–Trinajstić information content (AvgIpc) is 2.48. The molecule has 0 aliphatic carbocycles. The van der Waals surface area contributed by atoms with E-state index in [4.69, 9.17) is 0 Å². The summed E-state index contributed by atoms with van der Waals surface area (Å²) in [6, 6.07) is 10.6. The summed E-state index contributed by atoms with van der Waals surface area (Å²) < 4.78 is 34.8. The number of unbranched alkanes of at least 4 members (excludes halogenated alkanes) is 8. The van der Waals surface area contributed by atoms with Crippen LogP contribution in [0.15, 0.2) is 30.3 Å². The van der Waals surface area contributed by atoms with Crippen LogP contribution in [0.3, 0.4) is 0 Å². The Balaban J connectivity index is 0.00000484. The van der Waals surface area contributed by atoms with E-state index in [9.17, 15) is 13.0 Å². The van der Waals surface area contributed by atoms with Crippen LogP contribution >= 0.6 is 0 Å². The van der Waals surface area contributed by atoms with E-state index in [1.54, 1.807) is 0 Å². The molecule has 0 atom stereocenters. The quantitative estimate of drug-likeness (QED) is 0.232. The van der Waals surface area contributed by atoms with Gasteiger partial charge in [-0.25, -0.2) is 8.42 Å². The van der Waals surface area contributed by atoms with Gasteiger partial charge in [-0.1, -0.05) is 75.3 Å². The summed E-state index contributed by atoms with van der Waals surface area (Å²) in [5, 5.41) is 0. The second-order valence-electron chi connectivity index (χ2n) is 5.65. The van der Waals surface area contributed by atoms with Gasteiger partial charge in [0.05, 0.1) is 6.61 Å². The monoisotopic (exact) mass is 350 g/mol. The Morgan fingerprint density at radius 2 is 1.26 bits per heavy atom. The molecule has 0 bridgehead atoms. The van der Waals surface area contributed by atoms with Crippen LogP contribution < -0.4 is 29.6 Å². The Kier molecular flexibility index (Phi) is 14.5. The molecule has 0 aliphatic heterocycles. The summed E-state index contributed by atoms with van der Waals surface area (Å²) in [7, 11) is -4.50. The van der Waals surface area contributed by atoms with Crippen LogP contribution in [0.2, 0.25) is 0 Å². The van der Waals surface area contributed by atoms with Crippen molar-refractivity contribution in [3.05, 3.63) is 35.9 Å². The van der Waals surface area contributed by atoms with E-state index < -0.39 is 10.4 Å². The predicted octanol–water partition coefficient (Wildman–Crippen LogP) is 1.22. The molecule has 0 saturated heterocycles. The molecule has 0 fully saturated rings. The second kappa shape index (κ2) is 14.4. The molecular weight excluding hydrogens is 323 g/mol. The van der Waals surface area contributed by atoms with Gasteiger partial charge in [-0.3, -0.25) is 4.18 Å². The van der Waals surface area contributed by atoms with Gasteiger partial charge in [0.2, 0.25) is 10.4 Å². The SMILES string of the molecule is O=S(=O)([O-])OCCCCCCCCCCCc1ccccc1.[Na+]. The number of rotatable bonds is 13. The molecule has 1 aromatic carbocycles.